The van der Waals surface area contributed by atoms with Crippen molar-refractivity contribution in [1.29, 1.82) is 0 Å². The number of anilines is 1. The topological polar surface area (TPSA) is 75.7 Å². The summed E-state index contributed by atoms with van der Waals surface area (Å²) in [6.45, 7) is 5.52. The normalized spacial score (nSPS) is 14.3. The first-order valence-electron chi connectivity index (χ1n) is 8.77. The maximum absolute atomic E-state index is 13.0. The van der Waals surface area contributed by atoms with Crippen molar-refractivity contribution in [3.63, 3.8) is 0 Å². The minimum absolute atomic E-state index is 0.261. The number of rotatable bonds is 5. The predicted octanol–water partition coefficient (Wildman–Crippen LogP) is 3.26. The van der Waals surface area contributed by atoms with Crippen LogP contribution in [0, 0.1) is 12.8 Å². The maximum Gasteiger partial charge on any atom is 0.262 e. The van der Waals surface area contributed by atoms with Gasteiger partial charge < -0.3 is 10.1 Å². The van der Waals surface area contributed by atoms with Crippen LogP contribution in [0.5, 0.6) is 5.75 Å². The van der Waals surface area contributed by atoms with Crippen molar-refractivity contribution < 1.29 is 19.1 Å². The van der Waals surface area contributed by atoms with Gasteiger partial charge in [-0.15, -0.1) is 0 Å². The van der Waals surface area contributed by atoms with Gasteiger partial charge in [0.2, 0.25) is 5.91 Å². The molecule has 0 saturated carbocycles. The first kappa shape index (κ1) is 18.6. The van der Waals surface area contributed by atoms with Crippen molar-refractivity contribution in [2.24, 2.45) is 5.92 Å². The number of amides is 3. The van der Waals surface area contributed by atoms with E-state index in [2.05, 4.69) is 5.32 Å². The van der Waals surface area contributed by atoms with Crippen LogP contribution in [0.4, 0.5) is 5.69 Å². The Morgan fingerprint density at radius 2 is 1.63 bits per heavy atom. The zero-order chi connectivity index (χ0) is 19.7. The van der Waals surface area contributed by atoms with Gasteiger partial charge in [0, 0.05) is 0 Å². The number of carbonyl (C=O) groups is 3. The molecule has 3 amide bonds. The zero-order valence-electron chi connectivity index (χ0n) is 15.8. The monoisotopic (exact) mass is 366 g/mol. The molecule has 140 valence electrons. The number of nitrogens with zero attached hydrogens (tertiary/aromatic N) is 1. The molecule has 2 aromatic rings. The van der Waals surface area contributed by atoms with Crippen molar-refractivity contribution in [3.05, 3.63) is 59.2 Å². The van der Waals surface area contributed by atoms with Crippen molar-refractivity contribution in [3.8, 4) is 5.75 Å². The summed E-state index contributed by atoms with van der Waals surface area (Å²) in [7, 11) is 1.52. The molecule has 27 heavy (non-hydrogen) atoms. The van der Waals surface area contributed by atoms with Gasteiger partial charge in [0.25, 0.3) is 11.8 Å². The zero-order valence-corrected chi connectivity index (χ0v) is 15.8. The van der Waals surface area contributed by atoms with Gasteiger partial charge in [-0.25, -0.2) is 0 Å². The molecular weight excluding hydrogens is 344 g/mol. The van der Waals surface area contributed by atoms with Crippen molar-refractivity contribution in [2.45, 2.75) is 26.8 Å². The van der Waals surface area contributed by atoms with Crippen LogP contribution in [-0.4, -0.2) is 35.8 Å². The summed E-state index contributed by atoms with van der Waals surface area (Å²) in [6, 6.07) is 11.1. The molecule has 1 heterocycles. The minimum atomic E-state index is -0.928. The van der Waals surface area contributed by atoms with Gasteiger partial charge in [0.05, 0.1) is 23.9 Å². The first-order chi connectivity index (χ1) is 12.8. The molecule has 1 atom stereocenters. The van der Waals surface area contributed by atoms with Crippen molar-refractivity contribution in [1.82, 2.24) is 4.90 Å². The SMILES string of the molecule is COc1ccc(C)cc1NC(=O)C(C(C)C)N1C(=O)c2ccccc2C1=O. The lowest BCUT2D eigenvalue weighted by atomic mass is 10.0. The molecular formula is C21H22N2O4. The van der Waals surface area contributed by atoms with E-state index in [4.69, 9.17) is 4.74 Å². The van der Waals surface area contributed by atoms with Crippen LogP contribution >= 0.6 is 0 Å². The Balaban J connectivity index is 1.93. The number of hydrogen-bond acceptors (Lipinski definition) is 4. The molecule has 1 N–H and O–H groups in total. The van der Waals surface area contributed by atoms with Crippen LogP contribution in [-0.2, 0) is 4.79 Å². The number of aryl methyl sites for hydroxylation is 1. The largest absolute Gasteiger partial charge is 0.495 e. The van der Waals surface area contributed by atoms with Crippen LogP contribution < -0.4 is 10.1 Å². The summed E-state index contributed by atoms with van der Waals surface area (Å²) in [5.74, 6) is -1.06. The molecule has 6 heteroatoms. The third-order valence-electron chi connectivity index (χ3n) is 4.62. The Kier molecular flexibility index (Phi) is 4.99. The molecule has 0 saturated heterocycles. The van der Waals surface area contributed by atoms with Crippen molar-refractivity contribution in [2.75, 3.05) is 12.4 Å². The molecule has 2 aromatic carbocycles. The van der Waals surface area contributed by atoms with E-state index < -0.39 is 23.8 Å². The molecule has 0 spiro atoms. The molecule has 0 radical (unpaired) electrons. The van der Waals surface area contributed by atoms with Gasteiger partial charge in [-0.3, -0.25) is 19.3 Å². The Hall–Kier alpha value is -3.15. The van der Waals surface area contributed by atoms with Gasteiger partial charge in [-0.05, 0) is 42.7 Å². The number of ether oxygens (including phenoxy) is 1. The first-order valence-corrected chi connectivity index (χ1v) is 8.77. The van der Waals surface area contributed by atoms with E-state index in [0.29, 0.717) is 22.6 Å². The Morgan fingerprint density at radius 1 is 1.04 bits per heavy atom. The summed E-state index contributed by atoms with van der Waals surface area (Å²) in [5.41, 5.74) is 2.11. The molecule has 0 aliphatic carbocycles. The number of methoxy groups -OCH3 is 1. The van der Waals surface area contributed by atoms with E-state index in [1.54, 1.807) is 50.2 Å². The van der Waals surface area contributed by atoms with E-state index in [9.17, 15) is 14.4 Å². The highest BCUT2D eigenvalue weighted by Crippen LogP contribution is 2.30. The van der Waals surface area contributed by atoms with E-state index >= 15 is 0 Å². The third-order valence-corrected chi connectivity index (χ3v) is 4.62. The summed E-state index contributed by atoms with van der Waals surface area (Å²) in [5, 5.41) is 2.82. The van der Waals surface area contributed by atoms with Gasteiger partial charge in [0.1, 0.15) is 11.8 Å². The number of imide groups is 1. The fourth-order valence-corrected chi connectivity index (χ4v) is 3.30. The Morgan fingerprint density at radius 3 is 2.15 bits per heavy atom. The molecule has 1 aliphatic rings. The molecule has 0 aromatic heterocycles. The van der Waals surface area contributed by atoms with Gasteiger partial charge >= 0.3 is 0 Å². The van der Waals surface area contributed by atoms with E-state index in [1.807, 2.05) is 13.0 Å². The summed E-state index contributed by atoms with van der Waals surface area (Å²) in [6.07, 6.45) is 0. The second kappa shape index (κ2) is 7.23. The van der Waals surface area contributed by atoms with Crippen LogP contribution in [0.2, 0.25) is 0 Å². The Bertz CT molecular complexity index is 885. The molecule has 0 bridgehead atoms. The summed E-state index contributed by atoms with van der Waals surface area (Å²) in [4.78, 5) is 39.7. The van der Waals surface area contributed by atoms with Crippen molar-refractivity contribution >= 4 is 23.4 Å². The lowest BCUT2D eigenvalue weighted by molar-refractivity contribution is -0.121. The van der Waals surface area contributed by atoms with E-state index in [-0.39, 0.29) is 5.92 Å². The average molecular weight is 366 g/mol. The average Bonchev–Trinajstić information content (AvgIpc) is 2.87. The lowest BCUT2D eigenvalue weighted by Crippen LogP contribution is -2.50. The highest BCUT2D eigenvalue weighted by atomic mass is 16.5. The number of fused-ring (bicyclic) bond motifs is 1. The predicted molar refractivity (Wildman–Crippen MR) is 102 cm³/mol. The van der Waals surface area contributed by atoms with Gasteiger partial charge in [-0.2, -0.15) is 0 Å². The third kappa shape index (κ3) is 3.30. The highest BCUT2D eigenvalue weighted by molar-refractivity contribution is 6.23. The maximum atomic E-state index is 13.0. The number of carbonyl (C=O) groups excluding carboxylic acids is 3. The second-order valence-corrected chi connectivity index (χ2v) is 6.91. The molecule has 1 aliphatic heterocycles. The second-order valence-electron chi connectivity index (χ2n) is 6.91. The van der Waals surface area contributed by atoms with Crippen LogP contribution in [0.1, 0.15) is 40.1 Å². The smallest absolute Gasteiger partial charge is 0.262 e. The van der Waals surface area contributed by atoms with Crippen LogP contribution in [0.3, 0.4) is 0 Å². The summed E-state index contributed by atoms with van der Waals surface area (Å²) < 4.78 is 5.30. The fourth-order valence-electron chi connectivity index (χ4n) is 3.30. The van der Waals surface area contributed by atoms with Crippen LogP contribution in [0.25, 0.3) is 0 Å². The Labute approximate surface area is 158 Å². The minimum Gasteiger partial charge on any atom is -0.495 e. The standard InChI is InChI=1S/C21H22N2O4/c1-12(2)18(19(24)22-16-11-13(3)9-10-17(16)27-4)23-20(25)14-7-5-6-8-15(14)21(23)26/h5-12,18H,1-4H3,(H,22,24). The number of benzene rings is 2. The van der Waals surface area contributed by atoms with Crippen LogP contribution in [0.15, 0.2) is 42.5 Å². The van der Waals surface area contributed by atoms with Gasteiger partial charge in [0.15, 0.2) is 0 Å². The number of hydrogen-bond donors (Lipinski definition) is 1. The molecule has 0 fully saturated rings. The number of nitrogens with one attached hydrogen (secondary N) is 1. The fraction of sp³-hybridized carbons (Fsp3) is 0.286. The molecule has 3 rings (SSSR count). The van der Waals surface area contributed by atoms with E-state index in [1.165, 1.54) is 7.11 Å². The molecule has 6 nitrogen and oxygen atoms in total. The quantitative estimate of drug-likeness (QED) is 0.824. The molecule has 1 unspecified atom stereocenters. The summed E-state index contributed by atoms with van der Waals surface area (Å²) >= 11 is 0. The highest BCUT2D eigenvalue weighted by Gasteiger charge is 2.44. The van der Waals surface area contributed by atoms with E-state index in [0.717, 1.165) is 10.5 Å². The lowest BCUT2D eigenvalue weighted by Gasteiger charge is -2.28. The van der Waals surface area contributed by atoms with Gasteiger partial charge in [-0.1, -0.05) is 32.0 Å².